The van der Waals surface area contributed by atoms with E-state index in [1.54, 1.807) is 22.6 Å². The maximum atomic E-state index is 13.1. The fourth-order valence-electron chi connectivity index (χ4n) is 3.38. The molecule has 28 heavy (non-hydrogen) atoms. The second-order valence-corrected chi connectivity index (χ2v) is 10.1. The smallest absolute Gasteiger partial charge is 0.245 e. The van der Waals surface area contributed by atoms with E-state index in [-0.39, 0.29) is 10.3 Å². The van der Waals surface area contributed by atoms with Crippen LogP contribution in [0.25, 0.3) is 11.0 Å². The van der Waals surface area contributed by atoms with E-state index in [1.807, 2.05) is 6.07 Å². The number of pyridine rings is 1. The maximum absolute atomic E-state index is 13.1. The molecule has 9 heteroatoms. The summed E-state index contributed by atoms with van der Waals surface area (Å²) in [5, 5.41) is 4.79. The molecule has 1 fully saturated rings. The van der Waals surface area contributed by atoms with Gasteiger partial charge in [-0.15, -0.1) is 0 Å². The first-order chi connectivity index (χ1) is 13.2. The Morgan fingerprint density at radius 3 is 2.64 bits per heavy atom. The summed E-state index contributed by atoms with van der Waals surface area (Å²) in [5.41, 5.74) is 1.39. The van der Waals surface area contributed by atoms with Gasteiger partial charge in [0.05, 0.1) is 5.69 Å². The van der Waals surface area contributed by atoms with Crippen molar-refractivity contribution in [3.05, 3.63) is 42.0 Å². The van der Waals surface area contributed by atoms with E-state index in [9.17, 15) is 8.42 Å². The number of hydrogen-bond acceptors (Lipinski definition) is 6. The number of aromatic amines is 1. The van der Waals surface area contributed by atoms with E-state index in [0.717, 1.165) is 11.5 Å². The SMILES string of the molecule is CC(C)(C)c1cc(CN2CCN(S(=O)(=O)c3c[nH]c4ncccc34)CC2)no1. The number of sulfonamides is 1. The van der Waals surface area contributed by atoms with Crippen molar-refractivity contribution in [2.75, 3.05) is 26.2 Å². The Balaban J connectivity index is 1.43. The van der Waals surface area contributed by atoms with Gasteiger partial charge in [0.15, 0.2) is 0 Å². The van der Waals surface area contributed by atoms with Crippen LogP contribution < -0.4 is 0 Å². The summed E-state index contributed by atoms with van der Waals surface area (Å²) in [6.45, 7) is 9.10. The molecule has 150 valence electrons. The van der Waals surface area contributed by atoms with Crippen LogP contribution in [0.2, 0.25) is 0 Å². The molecule has 4 rings (SSSR count). The molecule has 0 aliphatic carbocycles. The highest BCUT2D eigenvalue weighted by Gasteiger charge is 2.31. The second-order valence-electron chi connectivity index (χ2n) is 8.17. The Morgan fingerprint density at radius 1 is 1.21 bits per heavy atom. The molecular formula is C19H25N5O3S. The molecule has 1 N–H and O–H groups in total. The number of rotatable bonds is 4. The lowest BCUT2D eigenvalue weighted by Gasteiger charge is -2.33. The van der Waals surface area contributed by atoms with Crippen LogP contribution >= 0.6 is 0 Å². The minimum absolute atomic E-state index is 0.0772. The van der Waals surface area contributed by atoms with Crippen molar-refractivity contribution < 1.29 is 12.9 Å². The van der Waals surface area contributed by atoms with Gasteiger partial charge in [0.2, 0.25) is 10.0 Å². The van der Waals surface area contributed by atoms with Crippen LogP contribution in [0, 0.1) is 0 Å². The Bertz CT molecular complexity index is 1070. The number of piperazine rings is 1. The van der Waals surface area contributed by atoms with Gasteiger partial charge in [-0.3, -0.25) is 4.90 Å². The van der Waals surface area contributed by atoms with Gasteiger partial charge >= 0.3 is 0 Å². The molecule has 3 aromatic rings. The first kappa shape index (κ1) is 19.1. The van der Waals surface area contributed by atoms with Gasteiger partial charge in [-0.05, 0) is 12.1 Å². The van der Waals surface area contributed by atoms with Crippen LogP contribution in [0.3, 0.4) is 0 Å². The summed E-state index contributed by atoms with van der Waals surface area (Å²) in [6, 6.07) is 5.51. The molecule has 0 radical (unpaired) electrons. The number of aromatic nitrogens is 3. The number of fused-ring (bicyclic) bond motifs is 1. The van der Waals surface area contributed by atoms with Crippen molar-refractivity contribution in [2.24, 2.45) is 0 Å². The number of nitrogens with one attached hydrogen (secondary N) is 1. The number of nitrogens with zero attached hydrogens (tertiary/aromatic N) is 4. The number of H-pyrrole nitrogens is 1. The molecule has 0 amide bonds. The van der Waals surface area contributed by atoms with E-state index in [0.29, 0.717) is 43.8 Å². The molecule has 0 unspecified atom stereocenters. The van der Waals surface area contributed by atoms with E-state index >= 15 is 0 Å². The van der Waals surface area contributed by atoms with Crippen molar-refractivity contribution in [1.29, 1.82) is 0 Å². The standard InChI is InChI=1S/C19H25N5O3S/c1-19(2,3)17-11-14(22-27-17)13-23-7-9-24(10-8-23)28(25,26)16-12-21-18-15(16)5-4-6-20-18/h4-6,11-12H,7-10,13H2,1-3H3,(H,20,21). The van der Waals surface area contributed by atoms with Crippen LogP contribution in [0.15, 0.2) is 40.0 Å². The summed E-state index contributed by atoms with van der Waals surface area (Å²) in [4.78, 5) is 9.61. The zero-order valence-corrected chi connectivity index (χ0v) is 17.2. The van der Waals surface area contributed by atoms with Crippen LogP contribution in [0.1, 0.15) is 32.2 Å². The average molecular weight is 404 g/mol. The highest BCUT2D eigenvalue weighted by atomic mass is 32.2. The summed E-state index contributed by atoms with van der Waals surface area (Å²) >= 11 is 0. The van der Waals surface area contributed by atoms with Gasteiger partial charge in [0.1, 0.15) is 16.3 Å². The van der Waals surface area contributed by atoms with Crippen molar-refractivity contribution >= 4 is 21.1 Å². The highest BCUT2D eigenvalue weighted by molar-refractivity contribution is 7.89. The van der Waals surface area contributed by atoms with Gasteiger partial charge in [-0.25, -0.2) is 13.4 Å². The van der Waals surface area contributed by atoms with Crippen molar-refractivity contribution in [3.8, 4) is 0 Å². The van der Waals surface area contributed by atoms with Crippen LogP contribution in [-0.4, -0.2) is 58.9 Å². The van der Waals surface area contributed by atoms with E-state index < -0.39 is 10.0 Å². The van der Waals surface area contributed by atoms with Gasteiger partial charge in [-0.2, -0.15) is 4.31 Å². The molecule has 3 aromatic heterocycles. The Morgan fingerprint density at radius 2 is 1.96 bits per heavy atom. The minimum Gasteiger partial charge on any atom is -0.361 e. The largest absolute Gasteiger partial charge is 0.361 e. The predicted molar refractivity (Wildman–Crippen MR) is 105 cm³/mol. The zero-order chi connectivity index (χ0) is 19.9. The molecule has 1 aliphatic heterocycles. The molecule has 0 aromatic carbocycles. The lowest BCUT2D eigenvalue weighted by atomic mass is 9.93. The quantitative estimate of drug-likeness (QED) is 0.718. The third kappa shape index (κ3) is 3.57. The third-order valence-electron chi connectivity index (χ3n) is 5.05. The molecule has 0 atom stereocenters. The average Bonchev–Trinajstić information content (AvgIpc) is 3.29. The Labute approximate surface area is 164 Å². The second kappa shape index (κ2) is 6.98. The van der Waals surface area contributed by atoms with E-state index in [2.05, 4.69) is 40.8 Å². The molecular weight excluding hydrogens is 378 g/mol. The summed E-state index contributed by atoms with van der Waals surface area (Å²) in [5.74, 6) is 0.858. The number of hydrogen-bond donors (Lipinski definition) is 1. The molecule has 0 spiro atoms. The van der Waals surface area contributed by atoms with Crippen molar-refractivity contribution in [2.45, 2.75) is 37.6 Å². The predicted octanol–water partition coefficient (Wildman–Crippen LogP) is 2.35. The fourth-order valence-corrected chi connectivity index (χ4v) is 4.95. The summed E-state index contributed by atoms with van der Waals surface area (Å²) in [6.07, 6.45) is 3.17. The van der Waals surface area contributed by atoms with Crippen molar-refractivity contribution in [1.82, 2.24) is 24.3 Å². The molecule has 0 bridgehead atoms. The fraction of sp³-hybridized carbons (Fsp3) is 0.474. The topological polar surface area (TPSA) is 95.3 Å². The van der Waals surface area contributed by atoms with E-state index in [1.165, 1.54) is 6.20 Å². The van der Waals surface area contributed by atoms with Gasteiger partial charge in [-0.1, -0.05) is 25.9 Å². The van der Waals surface area contributed by atoms with Gasteiger partial charge in [0, 0.05) is 62.0 Å². The highest BCUT2D eigenvalue weighted by Crippen LogP contribution is 2.26. The lowest BCUT2D eigenvalue weighted by Crippen LogP contribution is -2.48. The molecule has 0 saturated carbocycles. The van der Waals surface area contributed by atoms with Crippen molar-refractivity contribution in [3.63, 3.8) is 0 Å². The molecule has 8 nitrogen and oxygen atoms in total. The van der Waals surface area contributed by atoms with Crippen LogP contribution in [0.5, 0.6) is 0 Å². The maximum Gasteiger partial charge on any atom is 0.245 e. The molecule has 1 saturated heterocycles. The molecule has 1 aliphatic rings. The Kier molecular flexibility index (Phi) is 4.76. The summed E-state index contributed by atoms with van der Waals surface area (Å²) in [7, 11) is -3.56. The summed E-state index contributed by atoms with van der Waals surface area (Å²) < 4.78 is 33.1. The van der Waals surface area contributed by atoms with Gasteiger partial charge < -0.3 is 9.51 Å². The third-order valence-corrected chi connectivity index (χ3v) is 6.98. The Hall–Kier alpha value is -2.23. The first-order valence-electron chi connectivity index (χ1n) is 9.36. The van der Waals surface area contributed by atoms with Crippen LogP contribution in [-0.2, 0) is 22.0 Å². The molecule has 4 heterocycles. The minimum atomic E-state index is -3.56. The zero-order valence-electron chi connectivity index (χ0n) is 16.3. The normalized spacial score (nSPS) is 17.4. The van der Waals surface area contributed by atoms with E-state index in [4.69, 9.17) is 4.52 Å². The van der Waals surface area contributed by atoms with Gasteiger partial charge in [0.25, 0.3) is 0 Å². The first-order valence-corrected chi connectivity index (χ1v) is 10.8. The monoisotopic (exact) mass is 403 g/mol. The lowest BCUT2D eigenvalue weighted by molar-refractivity contribution is 0.177. The van der Waals surface area contributed by atoms with Crippen LogP contribution in [0.4, 0.5) is 0 Å².